The number of nitrogens with one attached hydrogen (secondary N) is 1. The maximum absolute atomic E-state index is 13.9. The van der Waals surface area contributed by atoms with Gasteiger partial charge in [0.15, 0.2) is 34.5 Å². The van der Waals surface area contributed by atoms with Crippen molar-refractivity contribution in [1.82, 2.24) is 4.72 Å². The molecule has 0 aliphatic carbocycles. The Morgan fingerprint density at radius 3 is 2.00 bits per heavy atom. The summed E-state index contributed by atoms with van der Waals surface area (Å²) in [6.07, 6.45) is -0.800. The molecule has 1 heterocycles. The van der Waals surface area contributed by atoms with Gasteiger partial charge in [0, 0.05) is 17.7 Å². The van der Waals surface area contributed by atoms with Gasteiger partial charge in [-0.05, 0) is 12.1 Å². The van der Waals surface area contributed by atoms with Crippen molar-refractivity contribution < 1.29 is 44.2 Å². The van der Waals surface area contributed by atoms with Gasteiger partial charge < -0.3 is 9.47 Å². The maximum atomic E-state index is 13.9. The first kappa shape index (κ1) is 20.6. The summed E-state index contributed by atoms with van der Waals surface area (Å²) in [4.78, 5) is -2.05. The Hall–Kier alpha value is -2.15. The lowest BCUT2D eigenvalue weighted by atomic mass is 10.1. The predicted molar refractivity (Wildman–Crippen MR) is 81.3 cm³/mol. The van der Waals surface area contributed by atoms with Crippen molar-refractivity contribution in [2.24, 2.45) is 0 Å². The molecule has 0 radical (unpaired) electrons. The Bertz CT molecular complexity index is 995. The second-order valence-corrected chi connectivity index (χ2v) is 7.35. The van der Waals surface area contributed by atoms with Crippen LogP contribution in [0, 0.1) is 34.9 Å². The normalized spacial score (nSPS) is 15.4. The van der Waals surface area contributed by atoms with E-state index in [0.717, 1.165) is 6.07 Å². The fraction of sp³-hybridized carbons (Fsp3) is 0.250. The number of hydrogen-bond donors (Lipinski definition) is 1. The predicted octanol–water partition coefficient (Wildman–Crippen LogP) is 3.05. The van der Waals surface area contributed by atoms with Crippen molar-refractivity contribution in [3.63, 3.8) is 0 Å². The lowest BCUT2D eigenvalue weighted by molar-refractivity contribution is -0.0442. The third-order valence-corrected chi connectivity index (χ3v) is 5.27. The standard InChI is InChI=1S/C16H11F6NO4S/c17-9-2-1-7(16-26-3-4-27-16)5-8(9)6-23-28(24,25)15-13(21)11(19)10(18)12(20)14(15)22/h1-2,5,16,23H,3-4,6H2. The van der Waals surface area contributed by atoms with Crippen LogP contribution in [0.1, 0.15) is 17.4 Å². The zero-order valence-corrected chi connectivity index (χ0v) is 14.6. The molecule has 2 aromatic carbocycles. The Kier molecular flexibility index (Phi) is 5.66. The Labute approximate surface area is 154 Å². The zero-order valence-electron chi connectivity index (χ0n) is 13.7. The smallest absolute Gasteiger partial charge is 0.246 e. The fourth-order valence-corrected chi connectivity index (χ4v) is 3.63. The van der Waals surface area contributed by atoms with Gasteiger partial charge in [-0.15, -0.1) is 0 Å². The van der Waals surface area contributed by atoms with Gasteiger partial charge in [0.2, 0.25) is 15.8 Å². The first-order valence-corrected chi connectivity index (χ1v) is 9.14. The molecule has 0 aromatic heterocycles. The van der Waals surface area contributed by atoms with E-state index in [9.17, 15) is 34.8 Å². The molecular formula is C16H11F6NO4S. The molecule has 1 fully saturated rings. The molecule has 152 valence electrons. The van der Waals surface area contributed by atoms with Gasteiger partial charge in [-0.25, -0.2) is 39.5 Å². The number of sulfonamides is 1. The van der Waals surface area contributed by atoms with E-state index in [4.69, 9.17) is 9.47 Å². The van der Waals surface area contributed by atoms with Gasteiger partial charge in [0.05, 0.1) is 13.2 Å². The van der Waals surface area contributed by atoms with E-state index in [2.05, 4.69) is 0 Å². The van der Waals surface area contributed by atoms with Gasteiger partial charge in [0.1, 0.15) is 5.82 Å². The maximum Gasteiger partial charge on any atom is 0.246 e. The van der Waals surface area contributed by atoms with Crippen LogP contribution in [-0.4, -0.2) is 21.6 Å². The number of benzene rings is 2. The van der Waals surface area contributed by atoms with Crippen molar-refractivity contribution >= 4 is 10.0 Å². The molecule has 1 aliphatic heterocycles. The average Bonchev–Trinajstić information content (AvgIpc) is 3.19. The van der Waals surface area contributed by atoms with Crippen molar-refractivity contribution in [1.29, 1.82) is 0 Å². The molecule has 0 spiro atoms. The lowest BCUT2D eigenvalue weighted by Crippen LogP contribution is -2.27. The molecule has 2 aromatic rings. The second-order valence-electron chi connectivity index (χ2n) is 5.65. The van der Waals surface area contributed by atoms with E-state index in [0.29, 0.717) is 18.8 Å². The summed E-state index contributed by atoms with van der Waals surface area (Å²) in [5.74, 6) is -13.2. The van der Waals surface area contributed by atoms with E-state index >= 15 is 0 Å². The Balaban J connectivity index is 1.90. The molecular weight excluding hydrogens is 416 g/mol. The summed E-state index contributed by atoms with van der Waals surface area (Å²) in [7, 11) is -5.21. The number of ether oxygens (including phenoxy) is 2. The Morgan fingerprint density at radius 2 is 1.43 bits per heavy atom. The highest BCUT2D eigenvalue weighted by molar-refractivity contribution is 7.89. The molecule has 0 unspecified atom stereocenters. The Morgan fingerprint density at radius 1 is 0.893 bits per heavy atom. The van der Waals surface area contributed by atoms with Gasteiger partial charge in [-0.3, -0.25) is 0 Å². The number of rotatable bonds is 5. The van der Waals surface area contributed by atoms with Gasteiger partial charge in [0.25, 0.3) is 0 Å². The highest BCUT2D eigenvalue weighted by Gasteiger charge is 2.33. The van der Waals surface area contributed by atoms with Crippen LogP contribution < -0.4 is 4.72 Å². The number of hydrogen-bond acceptors (Lipinski definition) is 4. The molecule has 0 amide bonds. The largest absolute Gasteiger partial charge is 0.346 e. The monoisotopic (exact) mass is 427 g/mol. The van der Waals surface area contributed by atoms with E-state index in [-0.39, 0.29) is 5.56 Å². The molecule has 0 bridgehead atoms. The van der Waals surface area contributed by atoms with Crippen LogP contribution in [0.2, 0.25) is 0 Å². The van der Waals surface area contributed by atoms with Crippen LogP contribution in [0.15, 0.2) is 23.1 Å². The van der Waals surface area contributed by atoms with E-state index in [1.165, 1.54) is 12.1 Å². The summed E-state index contributed by atoms with van der Waals surface area (Å²) in [5, 5.41) is 0. The molecule has 1 aliphatic rings. The van der Waals surface area contributed by atoms with Gasteiger partial charge in [-0.1, -0.05) is 6.07 Å². The second kappa shape index (κ2) is 7.70. The summed E-state index contributed by atoms with van der Waals surface area (Å²) in [6, 6.07) is 3.50. The molecule has 0 saturated carbocycles. The van der Waals surface area contributed by atoms with E-state index in [1.54, 1.807) is 4.72 Å². The van der Waals surface area contributed by atoms with Gasteiger partial charge >= 0.3 is 0 Å². The summed E-state index contributed by atoms with van der Waals surface area (Å²) in [5.41, 5.74) is 0.0911. The van der Waals surface area contributed by atoms with Crippen LogP contribution in [0.5, 0.6) is 0 Å². The van der Waals surface area contributed by atoms with Crippen LogP contribution in [0.4, 0.5) is 26.3 Å². The third-order valence-electron chi connectivity index (χ3n) is 3.85. The number of halogens is 6. The molecule has 0 atom stereocenters. The quantitative estimate of drug-likeness (QED) is 0.453. The first-order valence-electron chi connectivity index (χ1n) is 7.66. The lowest BCUT2D eigenvalue weighted by Gasteiger charge is -2.13. The summed E-state index contributed by atoms with van der Waals surface area (Å²) in [6.45, 7) is -0.233. The topological polar surface area (TPSA) is 64.6 Å². The summed E-state index contributed by atoms with van der Waals surface area (Å²) < 4.78 is 117. The highest BCUT2D eigenvalue weighted by Crippen LogP contribution is 2.28. The van der Waals surface area contributed by atoms with Crippen molar-refractivity contribution in [2.75, 3.05) is 13.2 Å². The molecule has 1 saturated heterocycles. The van der Waals surface area contributed by atoms with Crippen LogP contribution in [-0.2, 0) is 26.0 Å². The SMILES string of the molecule is O=S(=O)(NCc1cc(C2OCCO2)ccc1F)c1c(F)c(F)c(F)c(F)c1F. The molecule has 1 N–H and O–H groups in total. The highest BCUT2D eigenvalue weighted by atomic mass is 32.2. The minimum Gasteiger partial charge on any atom is -0.346 e. The van der Waals surface area contributed by atoms with E-state index < -0.39 is 62.7 Å². The van der Waals surface area contributed by atoms with Crippen molar-refractivity contribution in [2.45, 2.75) is 17.7 Å². The zero-order chi connectivity index (χ0) is 20.6. The molecule has 3 rings (SSSR count). The molecule has 28 heavy (non-hydrogen) atoms. The van der Waals surface area contributed by atoms with Crippen LogP contribution in [0.3, 0.4) is 0 Å². The third kappa shape index (κ3) is 3.72. The fourth-order valence-electron chi connectivity index (χ4n) is 2.49. The minimum atomic E-state index is -5.21. The minimum absolute atomic E-state index is 0.260. The van der Waals surface area contributed by atoms with Gasteiger partial charge in [-0.2, -0.15) is 0 Å². The molecule has 12 heteroatoms. The average molecular weight is 427 g/mol. The molecule has 5 nitrogen and oxygen atoms in total. The van der Waals surface area contributed by atoms with Crippen molar-refractivity contribution in [3.8, 4) is 0 Å². The van der Waals surface area contributed by atoms with Crippen LogP contribution >= 0.6 is 0 Å². The van der Waals surface area contributed by atoms with E-state index in [1.807, 2.05) is 0 Å². The van der Waals surface area contributed by atoms with Crippen molar-refractivity contribution in [3.05, 3.63) is 64.2 Å². The van der Waals surface area contributed by atoms with Crippen LogP contribution in [0.25, 0.3) is 0 Å². The summed E-state index contributed by atoms with van der Waals surface area (Å²) >= 11 is 0. The first-order chi connectivity index (χ1) is 13.1.